The highest BCUT2D eigenvalue weighted by molar-refractivity contribution is 5.98. The Morgan fingerprint density at radius 3 is 2.60 bits per heavy atom. The summed E-state index contributed by atoms with van der Waals surface area (Å²) in [5.74, 6) is -0.0136. The monoisotopic (exact) mass is 204 g/mol. The van der Waals surface area contributed by atoms with E-state index in [0.717, 1.165) is 0 Å². The van der Waals surface area contributed by atoms with E-state index >= 15 is 0 Å². The summed E-state index contributed by atoms with van der Waals surface area (Å²) in [5, 5.41) is 9.50. The normalized spacial score (nSPS) is 11.1. The fraction of sp³-hybridized carbons (Fsp3) is 0.308. The summed E-state index contributed by atoms with van der Waals surface area (Å²) in [7, 11) is 0. The minimum atomic E-state index is -0.237. The van der Waals surface area contributed by atoms with Crippen molar-refractivity contribution in [1.29, 1.82) is 0 Å². The summed E-state index contributed by atoms with van der Waals surface area (Å²) in [6.45, 7) is 7.57. The lowest BCUT2D eigenvalue weighted by atomic mass is 9.86. The maximum atomic E-state index is 11.8. The number of phenols is 1. The third kappa shape index (κ3) is 2.94. The fourth-order valence-electron chi connectivity index (χ4n) is 1.29. The van der Waals surface area contributed by atoms with Crippen LogP contribution in [0.3, 0.4) is 0 Å². The summed E-state index contributed by atoms with van der Waals surface area (Å²) >= 11 is 0. The predicted molar refractivity (Wildman–Crippen MR) is 61.0 cm³/mol. The van der Waals surface area contributed by atoms with Gasteiger partial charge in [0.1, 0.15) is 5.75 Å². The van der Waals surface area contributed by atoms with Crippen molar-refractivity contribution in [3.63, 3.8) is 0 Å². The number of aromatic hydroxyl groups is 1. The topological polar surface area (TPSA) is 37.3 Å². The number of Topliss-reactive ketones (excluding diaryl/α,β-unsaturated/α-hetero) is 1. The Hall–Kier alpha value is -1.57. The van der Waals surface area contributed by atoms with Gasteiger partial charge in [0.25, 0.3) is 0 Å². The maximum absolute atomic E-state index is 11.8. The van der Waals surface area contributed by atoms with E-state index in [0.29, 0.717) is 12.0 Å². The van der Waals surface area contributed by atoms with Crippen molar-refractivity contribution >= 4 is 5.78 Å². The Morgan fingerprint density at radius 1 is 1.47 bits per heavy atom. The first kappa shape index (κ1) is 11.5. The molecule has 2 nitrogen and oxygen atoms in total. The molecule has 1 rings (SSSR count). The molecule has 0 bridgehead atoms. The van der Waals surface area contributed by atoms with E-state index in [9.17, 15) is 9.90 Å². The van der Waals surface area contributed by atoms with Gasteiger partial charge in [-0.2, -0.15) is 0 Å². The number of phenolic OH excluding ortho intramolecular Hbond substituents is 1. The molecule has 80 valence electrons. The van der Waals surface area contributed by atoms with Crippen LogP contribution in [0.4, 0.5) is 0 Å². The molecule has 0 atom stereocenters. The number of carbonyl (C=O) groups excluding carboxylic acids is 1. The molecule has 0 spiro atoms. The molecule has 0 aromatic heterocycles. The number of rotatable bonds is 4. The SMILES string of the molecule is C=CC(C)(C)CC(=O)c1ccccc1O. The van der Waals surface area contributed by atoms with Gasteiger partial charge in [-0.15, -0.1) is 6.58 Å². The highest BCUT2D eigenvalue weighted by atomic mass is 16.3. The Kier molecular flexibility index (Phi) is 3.30. The van der Waals surface area contributed by atoms with Crippen LogP contribution in [0.15, 0.2) is 36.9 Å². The Bertz CT molecular complexity index is 378. The number of para-hydroxylation sites is 1. The zero-order valence-electron chi connectivity index (χ0n) is 9.16. The van der Waals surface area contributed by atoms with Crippen molar-refractivity contribution < 1.29 is 9.90 Å². The molecular weight excluding hydrogens is 188 g/mol. The molecule has 0 heterocycles. The Balaban J connectivity index is 2.87. The molecule has 0 saturated carbocycles. The standard InChI is InChI=1S/C13H16O2/c1-4-13(2,3)9-12(15)10-7-5-6-8-11(10)14/h4-8,14H,1,9H2,2-3H3. The highest BCUT2D eigenvalue weighted by Crippen LogP contribution is 2.26. The quantitative estimate of drug-likeness (QED) is 0.604. The first-order valence-electron chi connectivity index (χ1n) is 4.91. The molecule has 0 aliphatic carbocycles. The van der Waals surface area contributed by atoms with Crippen molar-refractivity contribution in [3.8, 4) is 5.75 Å². The third-order valence-corrected chi connectivity index (χ3v) is 2.37. The van der Waals surface area contributed by atoms with Crippen molar-refractivity contribution in [3.05, 3.63) is 42.5 Å². The molecule has 0 aliphatic rings. The van der Waals surface area contributed by atoms with Crippen molar-refractivity contribution in [2.45, 2.75) is 20.3 Å². The second-order valence-electron chi connectivity index (χ2n) is 4.31. The molecule has 0 amide bonds. The van der Waals surface area contributed by atoms with Crippen LogP contribution >= 0.6 is 0 Å². The van der Waals surface area contributed by atoms with E-state index in [2.05, 4.69) is 6.58 Å². The smallest absolute Gasteiger partial charge is 0.167 e. The van der Waals surface area contributed by atoms with Crippen LogP contribution in [0, 0.1) is 5.41 Å². The van der Waals surface area contributed by atoms with Gasteiger partial charge in [-0.3, -0.25) is 4.79 Å². The van der Waals surface area contributed by atoms with Crippen molar-refractivity contribution in [2.75, 3.05) is 0 Å². The largest absolute Gasteiger partial charge is 0.507 e. The van der Waals surface area contributed by atoms with E-state index in [-0.39, 0.29) is 16.9 Å². The molecule has 1 aromatic carbocycles. The second-order valence-corrected chi connectivity index (χ2v) is 4.31. The highest BCUT2D eigenvalue weighted by Gasteiger charge is 2.20. The van der Waals surface area contributed by atoms with E-state index in [1.54, 1.807) is 24.3 Å². The molecule has 0 unspecified atom stereocenters. The number of carbonyl (C=O) groups is 1. The van der Waals surface area contributed by atoms with Gasteiger partial charge >= 0.3 is 0 Å². The average Bonchev–Trinajstić information content (AvgIpc) is 2.17. The number of hydrogen-bond donors (Lipinski definition) is 1. The van der Waals surface area contributed by atoms with Gasteiger partial charge in [0, 0.05) is 6.42 Å². The maximum Gasteiger partial charge on any atom is 0.167 e. The van der Waals surface area contributed by atoms with Crippen LogP contribution in [0.1, 0.15) is 30.6 Å². The number of ketones is 1. The van der Waals surface area contributed by atoms with Crippen LogP contribution < -0.4 is 0 Å². The molecule has 2 heteroatoms. The summed E-state index contributed by atoms with van der Waals surface area (Å²) in [4.78, 5) is 11.8. The average molecular weight is 204 g/mol. The zero-order valence-corrected chi connectivity index (χ0v) is 9.16. The van der Waals surface area contributed by atoms with E-state index in [4.69, 9.17) is 0 Å². The van der Waals surface area contributed by atoms with Gasteiger partial charge < -0.3 is 5.11 Å². The molecule has 15 heavy (non-hydrogen) atoms. The fourth-order valence-corrected chi connectivity index (χ4v) is 1.29. The first-order chi connectivity index (χ1) is 6.96. The summed E-state index contributed by atoms with van der Waals surface area (Å²) in [6.07, 6.45) is 2.11. The lowest BCUT2D eigenvalue weighted by Gasteiger charge is -2.18. The summed E-state index contributed by atoms with van der Waals surface area (Å²) in [6, 6.07) is 6.60. The third-order valence-electron chi connectivity index (χ3n) is 2.37. The minimum absolute atomic E-state index is 0.0439. The van der Waals surface area contributed by atoms with Crippen LogP contribution in [-0.4, -0.2) is 10.9 Å². The van der Waals surface area contributed by atoms with E-state index in [1.165, 1.54) is 6.07 Å². The van der Waals surface area contributed by atoms with Gasteiger partial charge in [-0.05, 0) is 17.5 Å². The van der Waals surface area contributed by atoms with Gasteiger partial charge in [-0.25, -0.2) is 0 Å². The minimum Gasteiger partial charge on any atom is -0.507 e. The summed E-state index contributed by atoms with van der Waals surface area (Å²) in [5.41, 5.74) is 0.145. The number of hydrogen-bond acceptors (Lipinski definition) is 2. The molecule has 1 aromatic rings. The molecular formula is C13H16O2. The number of benzene rings is 1. The number of allylic oxidation sites excluding steroid dienone is 1. The van der Waals surface area contributed by atoms with Gasteiger partial charge in [0.05, 0.1) is 5.56 Å². The zero-order chi connectivity index (χ0) is 11.5. The molecule has 0 aliphatic heterocycles. The lowest BCUT2D eigenvalue weighted by Crippen LogP contribution is -2.14. The van der Waals surface area contributed by atoms with E-state index in [1.807, 2.05) is 13.8 Å². The second kappa shape index (κ2) is 4.30. The van der Waals surface area contributed by atoms with Gasteiger partial charge in [-0.1, -0.05) is 32.1 Å². The molecule has 0 radical (unpaired) electrons. The van der Waals surface area contributed by atoms with Crippen LogP contribution in [-0.2, 0) is 0 Å². The van der Waals surface area contributed by atoms with Gasteiger partial charge in [0.15, 0.2) is 5.78 Å². The molecule has 0 saturated heterocycles. The summed E-state index contributed by atoms with van der Waals surface area (Å²) < 4.78 is 0. The Labute approximate surface area is 90.3 Å². The lowest BCUT2D eigenvalue weighted by molar-refractivity contribution is 0.0947. The Morgan fingerprint density at radius 2 is 2.07 bits per heavy atom. The predicted octanol–water partition coefficient (Wildman–Crippen LogP) is 3.18. The van der Waals surface area contributed by atoms with Crippen LogP contribution in [0.5, 0.6) is 5.75 Å². The van der Waals surface area contributed by atoms with Crippen LogP contribution in [0.2, 0.25) is 0 Å². The van der Waals surface area contributed by atoms with Crippen molar-refractivity contribution in [2.24, 2.45) is 5.41 Å². The van der Waals surface area contributed by atoms with Gasteiger partial charge in [0.2, 0.25) is 0 Å². The van der Waals surface area contributed by atoms with E-state index < -0.39 is 0 Å². The van der Waals surface area contributed by atoms with Crippen LogP contribution in [0.25, 0.3) is 0 Å². The van der Waals surface area contributed by atoms with Crippen molar-refractivity contribution in [1.82, 2.24) is 0 Å². The molecule has 0 fully saturated rings. The first-order valence-corrected chi connectivity index (χ1v) is 4.91. The molecule has 1 N–H and O–H groups in total.